The van der Waals surface area contributed by atoms with E-state index in [1.807, 2.05) is 17.9 Å². The van der Waals surface area contributed by atoms with Crippen molar-refractivity contribution >= 4 is 22.6 Å². The number of nitrogens with zero attached hydrogens (tertiary/aromatic N) is 3. The van der Waals surface area contributed by atoms with Crippen LogP contribution in [0.2, 0.25) is 0 Å². The fraction of sp³-hybridized carbons (Fsp3) is 0.407. The maximum atomic E-state index is 12.8. The maximum absolute atomic E-state index is 12.8. The largest absolute Gasteiger partial charge is 0.483 e. The molecule has 0 radical (unpaired) electrons. The molecule has 1 fully saturated rings. The lowest BCUT2D eigenvalue weighted by Crippen LogP contribution is -2.50. The molecule has 32 heavy (non-hydrogen) atoms. The maximum Gasteiger partial charge on any atom is 0.260 e. The Kier molecular flexibility index (Phi) is 6.35. The lowest BCUT2D eigenvalue weighted by Gasteiger charge is -2.35. The number of ether oxygens (including phenoxy) is 1. The molecule has 3 aromatic rings. The second kappa shape index (κ2) is 9.19. The Bertz CT molecular complexity index is 1130. The number of carbonyl (C=O) groups is 1. The normalized spacial score (nSPS) is 14.3. The van der Waals surface area contributed by atoms with Gasteiger partial charge in [-0.25, -0.2) is 4.98 Å². The first kappa shape index (κ1) is 22.1. The van der Waals surface area contributed by atoms with Crippen LogP contribution in [0.3, 0.4) is 0 Å². The first-order chi connectivity index (χ1) is 15.3. The third kappa shape index (κ3) is 4.57. The van der Waals surface area contributed by atoms with Gasteiger partial charge in [-0.1, -0.05) is 44.2 Å². The summed E-state index contributed by atoms with van der Waals surface area (Å²) in [6.45, 7) is 13.6. The van der Waals surface area contributed by atoms with E-state index >= 15 is 0 Å². The lowest BCUT2D eigenvalue weighted by atomic mass is 10.0. The zero-order valence-electron chi connectivity index (χ0n) is 19.8. The predicted molar refractivity (Wildman–Crippen MR) is 131 cm³/mol. The van der Waals surface area contributed by atoms with E-state index in [-0.39, 0.29) is 12.5 Å². The smallest absolute Gasteiger partial charge is 0.260 e. The number of aromatic nitrogens is 1. The van der Waals surface area contributed by atoms with E-state index in [0.29, 0.717) is 19.0 Å². The van der Waals surface area contributed by atoms with Gasteiger partial charge in [0.2, 0.25) is 0 Å². The topological polar surface area (TPSA) is 45.7 Å². The van der Waals surface area contributed by atoms with E-state index in [4.69, 9.17) is 9.72 Å². The summed E-state index contributed by atoms with van der Waals surface area (Å²) in [7, 11) is 0. The van der Waals surface area contributed by atoms with E-state index in [2.05, 4.69) is 69.0 Å². The summed E-state index contributed by atoms with van der Waals surface area (Å²) in [5.74, 6) is 2.21. The third-order valence-electron chi connectivity index (χ3n) is 6.33. The quantitative estimate of drug-likeness (QED) is 0.570. The van der Waals surface area contributed by atoms with Crippen LogP contribution in [0.15, 0.2) is 42.5 Å². The van der Waals surface area contributed by atoms with Crippen LogP contribution >= 0.6 is 0 Å². The molecule has 1 amide bonds. The number of pyridine rings is 1. The minimum Gasteiger partial charge on any atom is -0.483 e. The number of carbonyl (C=O) groups excluding carboxylic acids is 1. The zero-order chi connectivity index (χ0) is 22.8. The van der Waals surface area contributed by atoms with Crippen molar-refractivity contribution in [3.63, 3.8) is 0 Å². The van der Waals surface area contributed by atoms with Gasteiger partial charge in [0.25, 0.3) is 5.91 Å². The van der Waals surface area contributed by atoms with Crippen LogP contribution in [-0.4, -0.2) is 48.6 Å². The van der Waals surface area contributed by atoms with E-state index in [9.17, 15) is 4.79 Å². The molecule has 4 rings (SSSR count). The summed E-state index contributed by atoms with van der Waals surface area (Å²) >= 11 is 0. The van der Waals surface area contributed by atoms with Crippen molar-refractivity contribution in [1.82, 2.24) is 9.88 Å². The number of hydrogen-bond donors (Lipinski definition) is 0. The second-order valence-corrected chi connectivity index (χ2v) is 9.12. The van der Waals surface area contributed by atoms with Gasteiger partial charge in [0.15, 0.2) is 6.61 Å². The number of hydrogen-bond acceptors (Lipinski definition) is 4. The molecule has 0 bridgehead atoms. The number of aryl methyl sites for hydroxylation is 3. The SMILES string of the molecule is Cc1ccc(C(C)C)c(OCC(=O)N2CCN(c3cc(C)c4cccc(C)c4n3)CC2)c1. The predicted octanol–water partition coefficient (Wildman–Crippen LogP) is 5.01. The number of rotatable bonds is 5. The molecule has 0 saturated carbocycles. The van der Waals surface area contributed by atoms with Crippen LogP contribution in [0.25, 0.3) is 10.9 Å². The lowest BCUT2D eigenvalue weighted by molar-refractivity contribution is -0.133. The van der Waals surface area contributed by atoms with Crippen molar-refractivity contribution < 1.29 is 9.53 Å². The second-order valence-electron chi connectivity index (χ2n) is 9.12. The van der Waals surface area contributed by atoms with Gasteiger partial charge >= 0.3 is 0 Å². The average molecular weight is 432 g/mol. The van der Waals surface area contributed by atoms with Gasteiger partial charge in [-0.15, -0.1) is 0 Å². The van der Waals surface area contributed by atoms with E-state index in [1.54, 1.807) is 0 Å². The molecule has 0 atom stereocenters. The Morgan fingerprint density at radius 1 is 1.00 bits per heavy atom. The fourth-order valence-corrected chi connectivity index (χ4v) is 4.37. The van der Waals surface area contributed by atoms with Gasteiger partial charge in [-0.2, -0.15) is 0 Å². The summed E-state index contributed by atoms with van der Waals surface area (Å²) in [6, 6.07) is 14.7. The first-order valence-electron chi connectivity index (χ1n) is 11.5. The van der Waals surface area contributed by atoms with Crippen molar-refractivity contribution in [3.05, 3.63) is 64.7 Å². The van der Waals surface area contributed by atoms with Crippen molar-refractivity contribution in [2.75, 3.05) is 37.7 Å². The van der Waals surface area contributed by atoms with E-state index in [0.717, 1.165) is 41.3 Å². The van der Waals surface area contributed by atoms with Gasteiger partial charge in [0, 0.05) is 31.6 Å². The number of para-hydroxylation sites is 1. The van der Waals surface area contributed by atoms with Gasteiger partial charge in [-0.3, -0.25) is 4.79 Å². The molecule has 1 aliphatic heterocycles. The molecule has 0 N–H and O–H groups in total. The Balaban J connectivity index is 1.39. The standard InChI is InChI=1S/C27H33N3O2/c1-18(2)22-10-9-19(3)15-24(22)32-17-26(31)30-13-11-29(12-14-30)25-16-21(5)23-8-6-7-20(4)27(23)28-25/h6-10,15-16,18H,11-14,17H2,1-5H3. The molecular formula is C27H33N3O2. The van der Waals surface area contributed by atoms with Crippen LogP contribution in [0.4, 0.5) is 5.82 Å². The minimum absolute atomic E-state index is 0.0411. The van der Waals surface area contributed by atoms with Crippen LogP contribution in [0.5, 0.6) is 5.75 Å². The van der Waals surface area contributed by atoms with Crippen LogP contribution in [0, 0.1) is 20.8 Å². The Labute approximate surface area is 191 Å². The number of amides is 1. The fourth-order valence-electron chi connectivity index (χ4n) is 4.37. The van der Waals surface area contributed by atoms with Crippen LogP contribution in [0.1, 0.15) is 42.0 Å². The Hall–Kier alpha value is -3.08. The van der Waals surface area contributed by atoms with Crippen molar-refractivity contribution in [2.45, 2.75) is 40.5 Å². The average Bonchev–Trinajstić information content (AvgIpc) is 2.78. The van der Waals surface area contributed by atoms with E-state index in [1.165, 1.54) is 16.5 Å². The summed E-state index contributed by atoms with van der Waals surface area (Å²) in [5.41, 5.74) is 5.77. The molecule has 0 unspecified atom stereocenters. The molecular weight excluding hydrogens is 398 g/mol. The highest BCUT2D eigenvalue weighted by molar-refractivity contribution is 5.86. The highest BCUT2D eigenvalue weighted by Crippen LogP contribution is 2.28. The molecule has 2 heterocycles. The van der Waals surface area contributed by atoms with Gasteiger partial charge in [0.1, 0.15) is 11.6 Å². The molecule has 0 aliphatic carbocycles. The summed E-state index contributed by atoms with van der Waals surface area (Å²) in [5, 5.41) is 1.21. The number of anilines is 1. The summed E-state index contributed by atoms with van der Waals surface area (Å²) < 4.78 is 5.97. The number of benzene rings is 2. The highest BCUT2D eigenvalue weighted by Gasteiger charge is 2.23. The third-order valence-corrected chi connectivity index (χ3v) is 6.33. The molecule has 168 valence electrons. The van der Waals surface area contributed by atoms with Crippen LogP contribution in [-0.2, 0) is 4.79 Å². The molecule has 1 saturated heterocycles. The highest BCUT2D eigenvalue weighted by atomic mass is 16.5. The van der Waals surface area contributed by atoms with Gasteiger partial charge < -0.3 is 14.5 Å². The minimum atomic E-state index is 0.0411. The Morgan fingerprint density at radius 2 is 1.75 bits per heavy atom. The Morgan fingerprint density at radius 3 is 2.47 bits per heavy atom. The van der Waals surface area contributed by atoms with Crippen molar-refractivity contribution in [1.29, 1.82) is 0 Å². The molecule has 1 aromatic heterocycles. The summed E-state index contributed by atoms with van der Waals surface area (Å²) in [6.07, 6.45) is 0. The van der Waals surface area contributed by atoms with E-state index < -0.39 is 0 Å². The number of fused-ring (bicyclic) bond motifs is 1. The monoisotopic (exact) mass is 431 g/mol. The molecule has 5 nitrogen and oxygen atoms in total. The molecule has 5 heteroatoms. The van der Waals surface area contributed by atoms with Gasteiger partial charge in [0.05, 0.1) is 5.52 Å². The van der Waals surface area contributed by atoms with Crippen molar-refractivity contribution in [2.24, 2.45) is 0 Å². The first-order valence-corrected chi connectivity index (χ1v) is 11.5. The molecule has 0 spiro atoms. The summed E-state index contributed by atoms with van der Waals surface area (Å²) in [4.78, 5) is 21.9. The number of piperazine rings is 1. The van der Waals surface area contributed by atoms with Crippen LogP contribution < -0.4 is 9.64 Å². The molecule has 1 aliphatic rings. The molecule has 2 aromatic carbocycles. The van der Waals surface area contributed by atoms with Gasteiger partial charge in [-0.05, 0) is 61.1 Å². The zero-order valence-corrected chi connectivity index (χ0v) is 19.8. The van der Waals surface area contributed by atoms with Crippen molar-refractivity contribution in [3.8, 4) is 5.75 Å².